The van der Waals surface area contributed by atoms with Gasteiger partial charge in [0.1, 0.15) is 5.76 Å². The maximum atomic E-state index is 12.2. The van der Waals surface area contributed by atoms with Gasteiger partial charge in [-0.05, 0) is 19.9 Å². The number of nitrogens with zero attached hydrogens (tertiary/aromatic N) is 4. The third-order valence-corrected chi connectivity index (χ3v) is 4.28. The van der Waals surface area contributed by atoms with Gasteiger partial charge in [0.25, 0.3) is 5.89 Å². The van der Waals surface area contributed by atoms with E-state index in [2.05, 4.69) is 26.4 Å². The maximum Gasteiger partial charge on any atom is 0.307 e. The summed E-state index contributed by atoms with van der Waals surface area (Å²) in [7, 11) is 3.56. The standard InChI is InChI=1S/C17H25N5O3/c1-11-7-13(21(3)20-11)8-22-6-5-15-14(9-22)19-17(25-15)16(23)18-12(2)10-24-4/h7,12H,5-6,8-10H2,1-4H3,(H,18,23)/t12-/m0/s1. The average Bonchev–Trinajstić information content (AvgIpc) is 3.10. The van der Waals surface area contributed by atoms with E-state index in [1.54, 1.807) is 7.11 Å². The van der Waals surface area contributed by atoms with Gasteiger partial charge in [0.15, 0.2) is 0 Å². The summed E-state index contributed by atoms with van der Waals surface area (Å²) in [4.78, 5) is 18.9. The molecule has 1 aliphatic rings. The normalized spacial score (nSPS) is 15.8. The summed E-state index contributed by atoms with van der Waals surface area (Å²) in [5, 5.41) is 7.21. The molecule has 136 valence electrons. The highest BCUT2D eigenvalue weighted by molar-refractivity contribution is 5.89. The van der Waals surface area contributed by atoms with Gasteiger partial charge in [-0.3, -0.25) is 14.4 Å². The first-order chi connectivity index (χ1) is 12.0. The van der Waals surface area contributed by atoms with Crippen molar-refractivity contribution in [3.05, 3.63) is 34.8 Å². The minimum atomic E-state index is -0.298. The third-order valence-electron chi connectivity index (χ3n) is 4.28. The van der Waals surface area contributed by atoms with Crippen molar-refractivity contribution in [3.63, 3.8) is 0 Å². The number of fused-ring (bicyclic) bond motifs is 1. The van der Waals surface area contributed by atoms with E-state index in [0.29, 0.717) is 13.2 Å². The van der Waals surface area contributed by atoms with E-state index in [1.165, 1.54) is 0 Å². The van der Waals surface area contributed by atoms with Gasteiger partial charge >= 0.3 is 5.91 Å². The second-order valence-corrected chi connectivity index (χ2v) is 6.58. The fourth-order valence-electron chi connectivity index (χ4n) is 3.10. The fraction of sp³-hybridized carbons (Fsp3) is 0.588. The van der Waals surface area contributed by atoms with Crippen molar-refractivity contribution >= 4 is 5.91 Å². The molecule has 25 heavy (non-hydrogen) atoms. The first-order valence-corrected chi connectivity index (χ1v) is 8.46. The van der Waals surface area contributed by atoms with Gasteiger partial charge in [0, 0.05) is 46.3 Å². The molecule has 1 N–H and O–H groups in total. The zero-order valence-electron chi connectivity index (χ0n) is 15.2. The summed E-state index contributed by atoms with van der Waals surface area (Å²) in [5.41, 5.74) is 3.02. The second-order valence-electron chi connectivity index (χ2n) is 6.58. The molecule has 3 rings (SSSR count). The van der Waals surface area contributed by atoms with E-state index >= 15 is 0 Å². The number of amides is 1. The SMILES string of the molecule is COC[C@H](C)NC(=O)c1nc2c(o1)CCN(Cc1cc(C)nn1C)C2. The molecule has 0 unspecified atom stereocenters. The number of methoxy groups -OCH3 is 1. The van der Waals surface area contributed by atoms with Crippen LogP contribution in [0.3, 0.4) is 0 Å². The Hall–Kier alpha value is -2.19. The van der Waals surface area contributed by atoms with Crippen LogP contribution >= 0.6 is 0 Å². The lowest BCUT2D eigenvalue weighted by Crippen LogP contribution is -2.35. The molecule has 2 aromatic heterocycles. The number of aryl methyl sites for hydroxylation is 2. The van der Waals surface area contributed by atoms with E-state index in [0.717, 1.165) is 42.4 Å². The van der Waals surface area contributed by atoms with Crippen LogP contribution in [0.1, 0.15) is 40.5 Å². The Morgan fingerprint density at radius 1 is 1.52 bits per heavy atom. The lowest BCUT2D eigenvalue weighted by Gasteiger charge is -2.24. The molecule has 1 amide bonds. The molecule has 0 aliphatic carbocycles. The van der Waals surface area contributed by atoms with Crippen LogP contribution in [0, 0.1) is 6.92 Å². The second kappa shape index (κ2) is 7.37. The lowest BCUT2D eigenvalue weighted by molar-refractivity contribution is 0.0869. The first kappa shape index (κ1) is 17.6. The number of hydrogen-bond donors (Lipinski definition) is 1. The van der Waals surface area contributed by atoms with Gasteiger partial charge in [0.05, 0.1) is 23.7 Å². The van der Waals surface area contributed by atoms with Crippen molar-refractivity contribution in [2.45, 2.75) is 39.4 Å². The number of rotatable bonds is 6. The van der Waals surface area contributed by atoms with Crippen LogP contribution in [0.25, 0.3) is 0 Å². The molecule has 0 spiro atoms. The number of aromatic nitrogens is 3. The Morgan fingerprint density at radius 3 is 3.00 bits per heavy atom. The summed E-state index contributed by atoms with van der Waals surface area (Å²) in [6.45, 7) is 6.66. The summed E-state index contributed by atoms with van der Waals surface area (Å²) in [6.07, 6.45) is 0.750. The summed E-state index contributed by atoms with van der Waals surface area (Å²) in [6, 6.07) is 2.00. The maximum absolute atomic E-state index is 12.2. The quantitative estimate of drug-likeness (QED) is 0.840. The molecule has 2 aromatic rings. The smallest absolute Gasteiger partial charge is 0.307 e. The van der Waals surface area contributed by atoms with Gasteiger partial charge in [0.2, 0.25) is 0 Å². The molecule has 8 heteroatoms. The van der Waals surface area contributed by atoms with Crippen molar-refractivity contribution in [3.8, 4) is 0 Å². The number of oxazole rings is 1. The predicted molar refractivity (Wildman–Crippen MR) is 91.1 cm³/mol. The first-order valence-electron chi connectivity index (χ1n) is 8.46. The predicted octanol–water partition coefficient (Wildman–Crippen LogP) is 1.04. The van der Waals surface area contributed by atoms with Crippen LogP contribution < -0.4 is 5.32 Å². The molecule has 0 aromatic carbocycles. The summed E-state index contributed by atoms with van der Waals surface area (Å²) in [5.74, 6) is 0.640. The molecular weight excluding hydrogens is 322 g/mol. The molecule has 8 nitrogen and oxygen atoms in total. The molecular formula is C17H25N5O3. The highest BCUT2D eigenvalue weighted by Crippen LogP contribution is 2.21. The minimum absolute atomic E-state index is 0.0917. The number of hydrogen-bond acceptors (Lipinski definition) is 6. The third kappa shape index (κ3) is 4.08. The Morgan fingerprint density at radius 2 is 2.32 bits per heavy atom. The monoisotopic (exact) mass is 347 g/mol. The van der Waals surface area contributed by atoms with E-state index in [9.17, 15) is 4.79 Å². The molecule has 1 aliphatic heterocycles. The van der Waals surface area contributed by atoms with Crippen LogP contribution in [0.5, 0.6) is 0 Å². The van der Waals surface area contributed by atoms with E-state index in [4.69, 9.17) is 9.15 Å². The van der Waals surface area contributed by atoms with Crippen LogP contribution in [0.2, 0.25) is 0 Å². The van der Waals surface area contributed by atoms with Crippen molar-refractivity contribution in [2.75, 3.05) is 20.3 Å². The molecule has 0 bridgehead atoms. The molecule has 0 saturated carbocycles. The van der Waals surface area contributed by atoms with Gasteiger partial charge < -0.3 is 14.5 Å². The zero-order chi connectivity index (χ0) is 18.0. The summed E-state index contributed by atoms with van der Waals surface area (Å²) < 4.78 is 12.6. The van der Waals surface area contributed by atoms with Crippen LogP contribution in [-0.2, 0) is 31.3 Å². The lowest BCUT2D eigenvalue weighted by atomic mass is 10.1. The number of ether oxygens (including phenoxy) is 1. The van der Waals surface area contributed by atoms with Crippen molar-refractivity contribution in [1.29, 1.82) is 0 Å². The van der Waals surface area contributed by atoms with Gasteiger partial charge in [-0.2, -0.15) is 5.10 Å². The van der Waals surface area contributed by atoms with Gasteiger partial charge in [-0.25, -0.2) is 4.98 Å². The molecule has 1 atom stereocenters. The Labute approximate surface area is 147 Å². The Bertz CT molecular complexity index is 752. The molecule has 0 saturated heterocycles. The Kier molecular flexibility index (Phi) is 5.19. The van der Waals surface area contributed by atoms with Crippen LogP contribution in [0.4, 0.5) is 0 Å². The van der Waals surface area contributed by atoms with Crippen LogP contribution in [0.15, 0.2) is 10.5 Å². The number of carbonyl (C=O) groups is 1. The fourth-order valence-corrected chi connectivity index (χ4v) is 3.10. The highest BCUT2D eigenvalue weighted by Gasteiger charge is 2.25. The highest BCUT2D eigenvalue weighted by atomic mass is 16.5. The topological polar surface area (TPSA) is 85.4 Å². The average molecular weight is 347 g/mol. The number of carbonyl (C=O) groups excluding carboxylic acids is 1. The van der Waals surface area contributed by atoms with Crippen LogP contribution in [-0.4, -0.2) is 51.9 Å². The zero-order valence-corrected chi connectivity index (χ0v) is 15.2. The van der Waals surface area contributed by atoms with E-state index < -0.39 is 0 Å². The minimum Gasteiger partial charge on any atom is -0.437 e. The van der Waals surface area contributed by atoms with Crippen molar-refractivity contribution in [1.82, 2.24) is 25.0 Å². The molecule has 3 heterocycles. The Balaban J connectivity index is 1.65. The van der Waals surface area contributed by atoms with E-state index in [1.807, 2.05) is 25.6 Å². The summed E-state index contributed by atoms with van der Waals surface area (Å²) >= 11 is 0. The van der Waals surface area contributed by atoms with Crippen molar-refractivity contribution < 1.29 is 13.9 Å². The number of nitrogens with one attached hydrogen (secondary N) is 1. The van der Waals surface area contributed by atoms with Crippen molar-refractivity contribution in [2.24, 2.45) is 7.05 Å². The largest absolute Gasteiger partial charge is 0.437 e. The van der Waals surface area contributed by atoms with Gasteiger partial charge in [-0.1, -0.05) is 0 Å². The molecule has 0 radical (unpaired) electrons. The van der Waals surface area contributed by atoms with Gasteiger partial charge in [-0.15, -0.1) is 0 Å². The molecule has 0 fully saturated rings. The van der Waals surface area contributed by atoms with E-state index in [-0.39, 0.29) is 17.8 Å².